The van der Waals surface area contributed by atoms with Gasteiger partial charge in [-0.1, -0.05) is 42.5 Å². The zero-order valence-electron chi connectivity index (χ0n) is 20.7. The molecule has 0 aliphatic carbocycles. The second-order valence-corrected chi connectivity index (χ2v) is 9.32. The molecule has 9 heteroatoms. The molecule has 0 unspecified atom stereocenters. The minimum absolute atomic E-state index is 0.0599. The summed E-state index contributed by atoms with van der Waals surface area (Å²) in [6.45, 7) is 5.90. The van der Waals surface area contributed by atoms with Crippen LogP contribution < -0.4 is 9.47 Å². The smallest absolute Gasteiger partial charge is 0.239 e. The number of hydrogen-bond acceptors (Lipinski definition) is 8. The van der Waals surface area contributed by atoms with Gasteiger partial charge in [0.25, 0.3) is 0 Å². The molecule has 1 aromatic heterocycles. The van der Waals surface area contributed by atoms with Crippen LogP contribution in [0.4, 0.5) is 0 Å². The summed E-state index contributed by atoms with van der Waals surface area (Å²) < 4.78 is 19.2. The van der Waals surface area contributed by atoms with E-state index in [1.165, 1.54) is 0 Å². The molecule has 4 rings (SSSR count). The Hall–Kier alpha value is -2.95. The van der Waals surface area contributed by atoms with E-state index in [1.54, 1.807) is 0 Å². The van der Waals surface area contributed by atoms with E-state index in [2.05, 4.69) is 5.10 Å². The van der Waals surface area contributed by atoms with Crippen molar-refractivity contribution in [1.29, 1.82) is 0 Å². The highest BCUT2D eigenvalue weighted by molar-refractivity contribution is 5.38. The highest BCUT2D eigenvalue weighted by atomic mass is 16.7. The molecular formula is C27H34N2O7. The summed E-state index contributed by atoms with van der Waals surface area (Å²) in [5, 5.41) is 44.7. The number of aliphatic hydroxyl groups is 4. The molecule has 194 valence electrons. The van der Waals surface area contributed by atoms with E-state index < -0.39 is 37.3 Å². The van der Waals surface area contributed by atoms with Gasteiger partial charge in [0.1, 0.15) is 36.8 Å². The van der Waals surface area contributed by atoms with Gasteiger partial charge in [0.15, 0.2) is 0 Å². The molecule has 2 heterocycles. The third-order valence-corrected chi connectivity index (χ3v) is 6.36. The number of benzene rings is 2. The Labute approximate surface area is 210 Å². The van der Waals surface area contributed by atoms with Crippen LogP contribution in [0.2, 0.25) is 0 Å². The number of rotatable bonds is 9. The molecule has 5 atom stereocenters. The van der Waals surface area contributed by atoms with E-state index in [0.29, 0.717) is 13.0 Å². The SMILES string of the molecule is Cc1c(Cc2ccc(OCc3ccccc3)cc2)c(O[C@@H]2O[C@H](CO)[C@@H](O)[C@H](O)[C@H]2O)nn1C(C)C. The van der Waals surface area contributed by atoms with Gasteiger partial charge in [-0.15, -0.1) is 5.10 Å². The maximum atomic E-state index is 10.4. The molecule has 0 spiro atoms. The lowest BCUT2D eigenvalue weighted by molar-refractivity contribution is -0.278. The van der Waals surface area contributed by atoms with Gasteiger partial charge in [0, 0.05) is 23.7 Å². The fraction of sp³-hybridized carbons (Fsp3) is 0.444. The van der Waals surface area contributed by atoms with E-state index in [0.717, 1.165) is 28.1 Å². The van der Waals surface area contributed by atoms with Gasteiger partial charge in [-0.25, -0.2) is 0 Å². The van der Waals surface area contributed by atoms with Gasteiger partial charge in [-0.3, -0.25) is 4.68 Å². The zero-order valence-corrected chi connectivity index (χ0v) is 20.7. The number of aromatic nitrogens is 2. The van der Waals surface area contributed by atoms with Gasteiger partial charge in [0.05, 0.1) is 6.61 Å². The standard InChI is InChI=1S/C27H34N2O7/c1-16(2)29-17(3)21(26(28-29)36-27-25(33)24(32)23(31)22(14-30)35-27)13-18-9-11-20(12-10-18)34-15-19-7-5-4-6-8-19/h4-12,16,22-25,27,30-33H,13-15H2,1-3H3/t22-,23-,24+,25-,27+/m1/s1. The average molecular weight is 499 g/mol. The average Bonchev–Trinajstić information content (AvgIpc) is 3.19. The monoisotopic (exact) mass is 498 g/mol. The first kappa shape index (κ1) is 26.1. The van der Waals surface area contributed by atoms with Gasteiger partial charge in [-0.2, -0.15) is 0 Å². The maximum Gasteiger partial charge on any atom is 0.239 e. The highest BCUT2D eigenvalue weighted by Gasteiger charge is 2.45. The van der Waals surface area contributed by atoms with Crippen LogP contribution in [0.5, 0.6) is 11.6 Å². The largest absolute Gasteiger partial charge is 0.489 e. The molecule has 1 saturated heterocycles. The molecule has 2 aromatic carbocycles. The lowest BCUT2D eigenvalue weighted by Crippen LogP contribution is -2.60. The Morgan fingerprint density at radius 3 is 2.28 bits per heavy atom. The first-order chi connectivity index (χ1) is 17.3. The summed E-state index contributed by atoms with van der Waals surface area (Å²) >= 11 is 0. The summed E-state index contributed by atoms with van der Waals surface area (Å²) in [4.78, 5) is 0. The van der Waals surface area contributed by atoms with Gasteiger partial charge < -0.3 is 34.6 Å². The summed E-state index contributed by atoms with van der Waals surface area (Å²) in [5.41, 5.74) is 3.80. The van der Waals surface area contributed by atoms with Crippen LogP contribution in [0.15, 0.2) is 54.6 Å². The fourth-order valence-electron chi connectivity index (χ4n) is 4.25. The Bertz CT molecular complexity index is 1120. The minimum atomic E-state index is -1.53. The molecule has 9 nitrogen and oxygen atoms in total. The van der Waals surface area contributed by atoms with Crippen LogP contribution in [0.25, 0.3) is 0 Å². The third kappa shape index (κ3) is 5.71. The molecule has 0 radical (unpaired) electrons. The third-order valence-electron chi connectivity index (χ3n) is 6.36. The summed E-state index contributed by atoms with van der Waals surface area (Å²) in [6, 6.07) is 17.8. The highest BCUT2D eigenvalue weighted by Crippen LogP contribution is 2.31. The molecule has 1 aliphatic rings. The molecule has 36 heavy (non-hydrogen) atoms. The van der Waals surface area contributed by atoms with Crippen molar-refractivity contribution in [3.05, 3.63) is 77.0 Å². The van der Waals surface area contributed by atoms with Crippen molar-refractivity contribution >= 4 is 0 Å². The van der Waals surface area contributed by atoms with Crippen LogP contribution in [0, 0.1) is 6.92 Å². The molecule has 3 aromatic rings. The number of nitrogens with zero attached hydrogens (tertiary/aromatic N) is 2. The molecule has 1 fully saturated rings. The van der Waals surface area contributed by atoms with Crippen molar-refractivity contribution < 1.29 is 34.6 Å². The Morgan fingerprint density at radius 2 is 1.64 bits per heavy atom. The van der Waals surface area contributed by atoms with Crippen LogP contribution in [-0.4, -0.2) is 67.5 Å². The summed E-state index contributed by atoms with van der Waals surface area (Å²) in [7, 11) is 0. The second-order valence-electron chi connectivity index (χ2n) is 9.32. The summed E-state index contributed by atoms with van der Waals surface area (Å²) in [5.74, 6) is 1.02. The zero-order chi connectivity index (χ0) is 25.8. The predicted octanol–water partition coefficient (Wildman–Crippen LogP) is 2.12. The van der Waals surface area contributed by atoms with Crippen molar-refractivity contribution in [1.82, 2.24) is 9.78 Å². The van der Waals surface area contributed by atoms with Gasteiger partial charge >= 0.3 is 0 Å². The van der Waals surface area contributed by atoms with E-state index >= 15 is 0 Å². The van der Waals surface area contributed by atoms with Crippen LogP contribution in [0.3, 0.4) is 0 Å². The van der Waals surface area contributed by atoms with Crippen molar-refractivity contribution in [2.24, 2.45) is 0 Å². The van der Waals surface area contributed by atoms with Crippen molar-refractivity contribution in [2.45, 2.75) is 70.5 Å². The Morgan fingerprint density at radius 1 is 0.944 bits per heavy atom. The Kier molecular flexibility index (Phi) is 8.28. The second kappa shape index (κ2) is 11.4. The fourth-order valence-corrected chi connectivity index (χ4v) is 4.25. The molecule has 4 N–H and O–H groups in total. The van der Waals surface area contributed by atoms with Gasteiger partial charge in [0.2, 0.25) is 12.2 Å². The van der Waals surface area contributed by atoms with Crippen LogP contribution in [0.1, 0.15) is 42.3 Å². The maximum absolute atomic E-state index is 10.4. The van der Waals surface area contributed by atoms with E-state index in [-0.39, 0.29) is 11.9 Å². The Balaban J connectivity index is 1.51. The normalized spacial score (nSPS) is 24.2. The minimum Gasteiger partial charge on any atom is -0.489 e. The lowest BCUT2D eigenvalue weighted by atomic mass is 9.99. The van der Waals surface area contributed by atoms with E-state index in [4.69, 9.17) is 14.2 Å². The van der Waals surface area contributed by atoms with Crippen LogP contribution in [-0.2, 0) is 17.8 Å². The number of aliphatic hydroxyl groups excluding tert-OH is 4. The first-order valence-electron chi connectivity index (χ1n) is 12.1. The summed E-state index contributed by atoms with van der Waals surface area (Å²) in [6.07, 6.45) is -6.36. The van der Waals surface area contributed by atoms with Crippen molar-refractivity contribution in [2.75, 3.05) is 6.61 Å². The van der Waals surface area contributed by atoms with Gasteiger partial charge in [-0.05, 0) is 44.0 Å². The molecule has 0 saturated carbocycles. The van der Waals surface area contributed by atoms with Crippen molar-refractivity contribution in [3.63, 3.8) is 0 Å². The first-order valence-corrected chi connectivity index (χ1v) is 12.1. The molecule has 0 bridgehead atoms. The molecular weight excluding hydrogens is 464 g/mol. The van der Waals surface area contributed by atoms with Crippen LogP contribution >= 0.6 is 0 Å². The molecule has 0 amide bonds. The quantitative estimate of drug-likeness (QED) is 0.354. The number of ether oxygens (including phenoxy) is 3. The predicted molar refractivity (Wildman–Crippen MR) is 132 cm³/mol. The lowest BCUT2D eigenvalue weighted by Gasteiger charge is -2.39. The van der Waals surface area contributed by atoms with E-state index in [1.807, 2.05) is 80.1 Å². The topological polar surface area (TPSA) is 126 Å². The number of hydrogen-bond donors (Lipinski definition) is 4. The van der Waals surface area contributed by atoms with E-state index in [9.17, 15) is 20.4 Å². The van der Waals surface area contributed by atoms with Crippen molar-refractivity contribution in [3.8, 4) is 11.6 Å². The molecule has 1 aliphatic heterocycles.